The second-order valence-corrected chi connectivity index (χ2v) is 5.01. The molecule has 10 heteroatoms. The van der Waals surface area contributed by atoms with E-state index in [0.29, 0.717) is 11.2 Å². The Balaban J connectivity index is 1.99. The number of aromatic nitrogens is 4. The summed E-state index contributed by atoms with van der Waals surface area (Å²) in [6.45, 7) is 0.228. The van der Waals surface area contributed by atoms with Crippen LogP contribution in [-0.4, -0.2) is 56.7 Å². The summed E-state index contributed by atoms with van der Waals surface area (Å²) in [6.07, 6.45) is 0.430. The maximum Gasteiger partial charge on any atom is 0.167 e. The molecule has 2 aromatic rings. The highest BCUT2D eigenvalue weighted by Gasteiger charge is 2.45. The van der Waals surface area contributed by atoms with Crippen LogP contribution in [0.15, 0.2) is 12.7 Å². The Morgan fingerprint density at radius 3 is 3.00 bits per heavy atom. The third-order valence-electron chi connectivity index (χ3n) is 3.51. The fraction of sp³-hybridized carbons (Fsp3) is 0.545. The summed E-state index contributed by atoms with van der Waals surface area (Å²) in [5.41, 5.74) is 6.77. The van der Waals surface area contributed by atoms with Crippen molar-refractivity contribution in [1.82, 2.24) is 19.5 Å². The molecule has 0 spiro atoms. The van der Waals surface area contributed by atoms with Crippen molar-refractivity contribution in [3.63, 3.8) is 0 Å². The highest BCUT2D eigenvalue weighted by Crippen LogP contribution is 2.33. The highest BCUT2D eigenvalue weighted by molar-refractivity contribution is 7.09. The molecule has 0 aliphatic carbocycles. The van der Waals surface area contributed by atoms with Crippen molar-refractivity contribution in [1.29, 1.82) is 0 Å². The molecule has 5 unspecified atom stereocenters. The van der Waals surface area contributed by atoms with Gasteiger partial charge in [0.25, 0.3) is 0 Å². The van der Waals surface area contributed by atoms with E-state index in [1.54, 1.807) is 10.9 Å². The molecule has 5 atom stereocenters. The first kappa shape index (κ1) is 14.6. The second-order valence-electron chi connectivity index (χ2n) is 4.67. The second kappa shape index (κ2) is 5.78. The summed E-state index contributed by atoms with van der Waals surface area (Å²) >= 11 is 0. The molecule has 114 valence electrons. The maximum atomic E-state index is 10.2. The van der Waals surface area contributed by atoms with Crippen molar-refractivity contribution < 1.29 is 19.1 Å². The van der Waals surface area contributed by atoms with Gasteiger partial charge in [0.05, 0.1) is 12.9 Å². The van der Waals surface area contributed by atoms with Crippen LogP contribution >= 0.6 is 9.47 Å². The normalized spacial score (nSPS) is 29.3. The number of hydrogen-bond donors (Lipinski definition) is 2. The predicted molar refractivity (Wildman–Crippen MR) is 76.1 cm³/mol. The molecule has 1 aliphatic rings. The number of nitrogen functional groups attached to an aromatic ring is 1. The lowest BCUT2D eigenvalue weighted by Crippen LogP contribution is -2.34. The Kier molecular flexibility index (Phi) is 4.01. The zero-order chi connectivity index (χ0) is 15.0. The van der Waals surface area contributed by atoms with Gasteiger partial charge in [-0.2, -0.15) is 0 Å². The molecular weight excluding hydrogens is 297 g/mol. The van der Waals surface area contributed by atoms with E-state index in [2.05, 4.69) is 24.4 Å². The van der Waals surface area contributed by atoms with Crippen LogP contribution in [0.25, 0.3) is 11.2 Å². The van der Waals surface area contributed by atoms with Crippen molar-refractivity contribution in [3.8, 4) is 0 Å². The van der Waals surface area contributed by atoms with E-state index in [0.717, 1.165) is 0 Å². The standard InChI is InChI=1S/C11H16N5O4P/c1-18-8-7(17)5(2-19-21)20-11(8)16-4-15-6-9(12)13-3-14-10(6)16/h3-5,7-8,11,17H,2,21H2,1H3,(H2,12,13,14). The van der Waals surface area contributed by atoms with Gasteiger partial charge in [-0.3, -0.25) is 4.57 Å². The molecule has 0 amide bonds. The van der Waals surface area contributed by atoms with Gasteiger partial charge in [0.2, 0.25) is 0 Å². The molecule has 0 bridgehead atoms. The lowest BCUT2D eigenvalue weighted by molar-refractivity contribution is -0.0549. The van der Waals surface area contributed by atoms with E-state index >= 15 is 0 Å². The van der Waals surface area contributed by atoms with Crippen LogP contribution in [0.3, 0.4) is 0 Å². The number of hydrogen-bond acceptors (Lipinski definition) is 8. The minimum absolute atomic E-state index is 0.228. The van der Waals surface area contributed by atoms with Gasteiger partial charge < -0.3 is 24.8 Å². The zero-order valence-electron chi connectivity index (χ0n) is 11.3. The molecular formula is C11H16N5O4P. The van der Waals surface area contributed by atoms with Crippen molar-refractivity contribution in [3.05, 3.63) is 12.7 Å². The SMILES string of the molecule is COC1C(O)C(COP)OC1n1cnc2c(N)ncnc21. The topological polar surface area (TPSA) is 118 Å². The van der Waals surface area contributed by atoms with Crippen LogP contribution in [-0.2, 0) is 14.0 Å². The Morgan fingerprint density at radius 1 is 1.48 bits per heavy atom. The summed E-state index contributed by atoms with van der Waals surface area (Å²) in [5.74, 6) is 0.288. The third kappa shape index (κ3) is 2.37. The number of aliphatic hydroxyl groups excluding tert-OH is 1. The van der Waals surface area contributed by atoms with Gasteiger partial charge >= 0.3 is 0 Å². The van der Waals surface area contributed by atoms with Gasteiger partial charge in [-0.1, -0.05) is 0 Å². The summed E-state index contributed by atoms with van der Waals surface area (Å²) in [6, 6.07) is 0. The van der Waals surface area contributed by atoms with Gasteiger partial charge in [0, 0.05) is 16.6 Å². The Hall–Kier alpha value is -1.38. The fourth-order valence-electron chi connectivity index (χ4n) is 2.49. The number of nitrogens with two attached hydrogens (primary N) is 1. The number of aliphatic hydroxyl groups is 1. The predicted octanol–water partition coefficient (Wildman–Crippen LogP) is -0.512. The summed E-state index contributed by atoms with van der Waals surface area (Å²) < 4.78 is 17.8. The van der Waals surface area contributed by atoms with E-state index in [-0.39, 0.29) is 12.4 Å². The third-order valence-corrected chi connectivity index (χ3v) is 3.70. The van der Waals surface area contributed by atoms with Gasteiger partial charge in [0.1, 0.15) is 30.2 Å². The van der Waals surface area contributed by atoms with Crippen LogP contribution in [0.2, 0.25) is 0 Å². The minimum Gasteiger partial charge on any atom is -0.387 e. The summed E-state index contributed by atoms with van der Waals surface area (Å²) in [5, 5.41) is 10.2. The van der Waals surface area contributed by atoms with Crippen molar-refractivity contribution in [2.75, 3.05) is 19.5 Å². The average molecular weight is 313 g/mol. The molecule has 21 heavy (non-hydrogen) atoms. The smallest absolute Gasteiger partial charge is 0.167 e. The molecule has 2 aromatic heterocycles. The van der Waals surface area contributed by atoms with Crippen LogP contribution < -0.4 is 5.73 Å². The first-order chi connectivity index (χ1) is 10.2. The minimum atomic E-state index is -0.822. The number of imidazole rings is 1. The number of nitrogens with zero attached hydrogens (tertiary/aromatic N) is 4. The summed E-state index contributed by atoms with van der Waals surface area (Å²) in [7, 11) is 3.64. The van der Waals surface area contributed by atoms with Crippen LogP contribution in [0.1, 0.15) is 6.23 Å². The maximum absolute atomic E-state index is 10.2. The zero-order valence-corrected chi connectivity index (χ0v) is 12.4. The van der Waals surface area contributed by atoms with E-state index in [1.807, 2.05) is 0 Å². The monoisotopic (exact) mass is 313 g/mol. The molecule has 3 rings (SSSR count). The average Bonchev–Trinajstić information content (AvgIpc) is 3.02. The molecule has 0 saturated carbocycles. The molecule has 1 aliphatic heterocycles. The number of fused-ring (bicyclic) bond motifs is 1. The fourth-order valence-corrected chi connectivity index (χ4v) is 2.68. The van der Waals surface area contributed by atoms with E-state index < -0.39 is 24.5 Å². The molecule has 1 saturated heterocycles. The number of rotatable bonds is 4. The molecule has 3 heterocycles. The van der Waals surface area contributed by atoms with Crippen molar-refractivity contribution >= 4 is 26.4 Å². The lowest BCUT2D eigenvalue weighted by Gasteiger charge is -2.19. The first-order valence-electron chi connectivity index (χ1n) is 6.28. The van der Waals surface area contributed by atoms with Crippen LogP contribution in [0.5, 0.6) is 0 Å². The van der Waals surface area contributed by atoms with E-state index in [9.17, 15) is 5.11 Å². The Labute approximate surface area is 122 Å². The largest absolute Gasteiger partial charge is 0.387 e. The van der Waals surface area contributed by atoms with Crippen molar-refractivity contribution in [2.45, 2.75) is 24.5 Å². The number of methoxy groups -OCH3 is 1. The first-order valence-corrected chi connectivity index (χ1v) is 6.75. The van der Waals surface area contributed by atoms with E-state index in [1.165, 1.54) is 13.4 Å². The molecule has 0 radical (unpaired) electrons. The quantitative estimate of drug-likeness (QED) is 0.725. The number of ether oxygens (including phenoxy) is 2. The Bertz CT molecular complexity index is 638. The van der Waals surface area contributed by atoms with Gasteiger partial charge in [-0.25, -0.2) is 15.0 Å². The van der Waals surface area contributed by atoms with Crippen LogP contribution in [0, 0.1) is 0 Å². The van der Waals surface area contributed by atoms with Gasteiger partial charge in [-0.05, 0) is 0 Å². The van der Waals surface area contributed by atoms with Crippen LogP contribution in [0.4, 0.5) is 5.82 Å². The Morgan fingerprint density at radius 2 is 2.29 bits per heavy atom. The molecule has 3 N–H and O–H groups in total. The summed E-state index contributed by atoms with van der Waals surface area (Å²) in [4.78, 5) is 12.2. The van der Waals surface area contributed by atoms with Crippen molar-refractivity contribution in [2.24, 2.45) is 0 Å². The lowest BCUT2D eigenvalue weighted by atomic mass is 10.1. The van der Waals surface area contributed by atoms with E-state index in [4.69, 9.17) is 19.7 Å². The molecule has 1 fully saturated rings. The highest BCUT2D eigenvalue weighted by atomic mass is 31.0. The number of anilines is 1. The van der Waals surface area contributed by atoms with Gasteiger partial charge in [0.15, 0.2) is 17.7 Å². The van der Waals surface area contributed by atoms with Gasteiger partial charge in [-0.15, -0.1) is 0 Å². The molecule has 0 aromatic carbocycles. The molecule has 9 nitrogen and oxygen atoms in total.